The molecule has 1 unspecified atom stereocenters. The Morgan fingerprint density at radius 2 is 1.80 bits per heavy atom. The Hall–Kier alpha value is -1.67. The van der Waals surface area contributed by atoms with Crippen molar-refractivity contribution in [2.45, 2.75) is 31.7 Å². The van der Waals surface area contributed by atoms with Gasteiger partial charge in [-0.2, -0.15) is 13.2 Å². The van der Waals surface area contributed by atoms with Gasteiger partial charge in [-0.25, -0.2) is 0 Å². The molecule has 0 heterocycles. The molecule has 1 aromatic rings. The number of nitro groups is 1. The molecule has 1 rings (SSSR count). The maximum atomic E-state index is 13.1. The summed E-state index contributed by atoms with van der Waals surface area (Å²) in [6.07, 6.45) is -4.90. The number of nitrogens with one attached hydrogen (secondary N) is 1. The molecular weight excluding hydrogens is 277 g/mol. The number of hydrogen-bond donors (Lipinski definition) is 2. The molecule has 5 nitrogen and oxygen atoms in total. The van der Waals surface area contributed by atoms with E-state index in [2.05, 4.69) is 5.32 Å². The minimum Gasteiger partial charge on any atom is -0.375 e. The first-order chi connectivity index (χ1) is 9.08. The van der Waals surface area contributed by atoms with Gasteiger partial charge >= 0.3 is 6.18 Å². The molecule has 0 bridgehead atoms. The molecule has 0 spiro atoms. The summed E-state index contributed by atoms with van der Waals surface area (Å²) in [4.78, 5) is 9.76. The summed E-state index contributed by atoms with van der Waals surface area (Å²) in [5.74, 6) is 0. The molecule has 0 aliphatic carbocycles. The molecule has 2 N–H and O–H groups in total. The smallest absolute Gasteiger partial charge is 0.375 e. The number of aliphatic hydroxyl groups is 1. The lowest BCUT2D eigenvalue weighted by Gasteiger charge is -2.32. The Bertz CT molecular complexity index is 474. The predicted molar refractivity (Wildman–Crippen MR) is 66.2 cm³/mol. The number of hydrogen-bond acceptors (Lipinski definition) is 4. The van der Waals surface area contributed by atoms with Crippen LogP contribution >= 0.6 is 0 Å². The van der Waals surface area contributed by atoms with Gasteiger partial charge in [0.05, 0.1) is 4.92 Å². The Morgan fingerprint density at radius 1 is 1.30 bits per heavy atom. The number of non-ortho nitro benzene ring substituents is 1. The first kappa shape index (κ1) is 16.4. The van der Waals surface area contributed by atoms with E-state index >= 15 is 0 Å². The summed E-state index contributed by atoms with van der Waals surface area (Å²) in [7, 11) is 0. The summed E-state index contributed by atoms with van der Waals surface area (Å²) in [5.41, 5.74) is -3.87. The fraction of sp³-hybridized carbons (Fsp3) is 0.500. The van der Waals surface area contributed by atoms with Crippen LogP contribution in [0.1, 0.15) is 19.4 Å². The highest BCUT2D eigenvalue weighted by atomic mass is 19.4. The van der Waals surface area contributed by atoms with Gasteiger partial charge in [0.2, 0.25) is 0 Å². The van der Waals surface area contributed by atoms with E-state index in [-0.39, 0.29) is 11.7 Å². The molecule has 0 aliphatic heterocycles. The van der Waals surface area contributed by atoms with Crippen molar-refractivity contribution in [1.82, 2.24) is 5.32 Å². The minimum absolute atomic E-state index is 0.248. The van der Waals surface area contributed by atoms with Crippen molar-refractivity contribution in [2.75, 3.05) is 6.54 Å². The van der Waals surface area contributed by atoms with Crippen LogP contribution in [0, 0.1) is 10.1 Å². The second kappa shape index (κ2) is 5.76. The van der Waals surface area contributed by atoms with Crippen LogP contribution in [0.15, 0.2) is 24.3 Å². The quantitative estimate of drug-likeness (QED) is 0.645. The molecular formula is C12H15F3N2O3. The zero-order valence-corrected chi connectivity index (χ0v) is 10.9. The van der Waals surface area contributed by atoms with Gasteiger partial charge in [0.25, 0.3) is 5.69 Å². The molecule has 1 aromatic carbocycles. The second-order valence-electron chi connectivity index (χ2n) is 4.70. The van der Waals surface area contributed by atoms with Crippen LogP contribution in [0.25, 0.3) is 0 Å². The molecule has 20 heavy (non-hydrogen) atoms. The summed E-state index contributed by atoms with van der Waals surface area (Å²) >= 11 is 0. The summed E-state index contributed by atoms with van der Waals surface area (Å²) in [6, 6.07) is 3.44. The average Bonchev–Trinajstić information content (AvgIpc) is 2.34. The lowest BCUT2D eigenvalue weighted by Crippen LogP contribution is -2.51. The number of nitrogens with zero attached hydrogens (tertiary/aromatic N) is 1. The van der Waals surface area contributed by atoms with Gasteiger partial charge in [-0.3, -0.25) is 10.1 Å². The molecule has 0 aromatic heterocycles. The molecule has 0 fully saturated rings. The first-order valence-corrected chi connectivity index (χ1v) is 5.85. The van der Waals surface area contributed by atoms with Gasteiger partial charge in [-0.15, -0.1) is 0 Å². The normalized spacial score (nSPS) is 15.2. The van der Waals surface area contributed by atoms with Crippen LogP contribution < -0.4 is 5.32 Å². The van der Waals surface area contributed by atoms with Crippen molar-refractivity contribution in [3.63, 3.8) is 0 Å². The molecule has 0 saturated carbocycles. The summed E-state index contributed by atoms with van der Waals surface area (Å²) in [5, 5.41) is 22.9. The topological polar surface area (TPSA) is 75.4 Å². The molecule has 0 saturated heterocycles. The van der Waals surface area contributed by atoms with Gasteiger partial charge in [0, 0.05) is 24.7 Å². The Kier molecular flexibility index (Phi) is 4.72. The van der Waals surface area contributed by atoms with E-state index in [4.69, 9.17) is 0 Å². The third-order valence-electron chi connectivity index (χ3n) is 2.79. The predicted octanol–water partition coefficient (Wildman–Crippen LogP) is 2.34. The Morgan fingerprint density at radius 3 is 2.15 bits per heavy atom. The van der Waals surface area contributed by atoms with Crippen LogP contribution in [-0.2, 0) is 5.60 Å². The van der Waals surface area contributed by atoms with E-state index in [0.717, 1.165) is 24.3 Å². The van der Waals surface area contributed by atoms with E-state index in [0.29, 0.717) is 0 Å². The maximum absolute atomic E-state index is 13.1. The Labute approximate surface area is 113 Å². The lowest BCUT2D eigenvalue weighted by molar-refractivity contribution is -0.384. The zero-order chi connectivity index (χ0) is 15.6. The minimum atomic E-state index is -4.90. The number of rotatable bonds is 5. The van der Waals surface area contributed by atoms with Gasteiger partial charge < -0.3 is 10.4 Å². The molecule has 8 heteroatoms. The highest BCUT2D eigenvalue weighted by molar-refractivity contribution is 5.36. The fourth-order valence-corrected chi connectivity index (χ4v) is 1.58. The summed E-state index contributed by atoms with van der Waals surface area (Å²) < 4.78 is 39.2. The lowest BCUT2D eigenvalue weighted by atomic mass is 9.92. The van der Waals surface area contributed by atoms with Crippen molar-refractivity contribution in [1.29, 1.82) is 0 Å². The van der Waals surface area contributed by atoms with Crippen molar-refractivity contribution in [2.24, 2.45) is 0 Å². The maximum Gasteiger partial charge on any atom is 0.422 e. The van der Waals surface area contributed by atoms with Crippen molar-refractivity contribution in [3.8, 4) is 0 Å². The van der Waals surface area contributed by atoms with Crippen LogP contribution in [0.3, 0.4) is 0 Å². The van der Waals surface area contributed by atoms with Crippen LogP contribution in [-0.4, -0.2) is 28.8 Å². The molecule has 112 valence electrons. The van der Waals surface area contributed by atoms with Crippen LogP contribution in [0.5, 0.6) is 0 Å². The molecule has 0 amide bonds. The van der Waals surface area contributed by atoms with E-state index in [1.165, 1.54) is 0 Å². The van der Waals surface area contributed by atoms with Crippen LogP contribution in [0.4, 0.5) is 18.9 Å². The standard InChI is InChI=1S/C12H15F3N2O3/c1-8(2)16-7-11(18,12(13,14)15)9-3-5-10(6-4-9)17(19)20/h3-6,8,16,18H,7H2,1-2H3. The number of benzene rings is 1. The van der Waals surface area contributed by atoms with Crippen molar-refractivity contribution >= 4 is 5.69 Å². The van der Waals surface area contributed by atoms with E-state index < -0.39 is 28.8 Å². The second-order valence-corrected chi connectivity index (χ2v) is 4.70. The number of halogens is 3. The highest BCUT2D eigenvalue weighted by Crippen LogP contribution is 2.39. The van der Waals surface area contributed by atoms with Gasteiger partial charge in [-0.1, -0.05) is 13.8 Å². The van der Waals surface area contributed by atoms with E-state index in [1.54, 1.807) is 13.8 Å². The molecule has 0 radical (unpaired) electrons. The highest BCUT2D eigenvalue weighted by Gasteiger charge is 2.54. The third kappa shape index (κ3) is 3.45. The monoisotopic (exact) mass is 292 g/mol. The third-order valence-corrected chi connectivity index (χ3v) is 2.79. The summed E-state index contributed by atoms with van der Waals surface area (Å²) in [6.45, 7) is 2.56. The van der Waals surface area contributed by atoms with E-state index in [1.807, 2.05) is 0 Å². The molecule has 0 aliphatic rings. The van der Waals surface area contributed by atoms with Gasteiger partial charge in [0.1, 0.15) is 0 Å². The molecule has 1 atom stereocenters. The van der Waals surface area contributed by atoms with E-state index in [9.17, 15) is 28.4 Å². The number of nitro benzene ring substituents is 1. The zero-order valence-electron chi connectivity index (χ0n) is 10.9. The average molecular weight is 292 g/mol. The van der Waals surface area contributed by atoms with Crippen molar-refractivity contribution < 1.29 is 23.2 Å². The largest absolute Gasteiger partial charge is 0.422 e. The number of alkyl halides is 3. The van der Waals surface area contributed by atoms with Gasteiger partial charge in [-0.05, 0) is 17.7 Å². The SMILES string of the molecule is CC(C)NCC(O)(c1ccc([N+](=O)[O-])cc1)C(F)(F)F. The fourth-order valence-electron chi connectivity index (χ4n) is 1.58. The van der Waals surface area contributed by atoms with Crippen molar-refractivity contribution in [3.05, 3.63) is 39.9 Å². The Balaban J connectivity index is 3.14. The van der Waals surface area contributed by atoms with Crippen LogP contribution in [0.2, 0.25) is 0 Å². The first-order valence-electron chi connectivity index (χ1n) is 5.85. The van der Waals surface area contributed by atoms with Gasteiger partial charge in [0.15, 0.2) is 5.60 Å².